The first-order valence-electron chi connectivity index (χ1n) is 0. The SMILES string of the molecule is O.[Fe].[H-].[H-].[Mg+2].[Zn]. The molecular formula is H4FeMgOZn. The van der Waals surface area contributed by atoms with E-state index in [-0.39, 0.29) is 67.9 Å². The summed E-state index contributed by atoms with van der Waals surface area (Å²) < 4.78 is 0. The van der Waals surface area contributed by atoms with E-state index in [1.165, 1.54) is 0 Å². The maximum Gasteiger partial charge on any atom is 2.00 e. The van der Waals surface area contributed by atoms with Gasteiger partial charge in [0, 0.05) is 36.5 Å². The predicted molar refractivity (Wildman–Crippen MR) is 11.6 cm³/mol. The Balaban J connectivity index is 0. The smallest absolute Gasteiger partial charge is 1.00 e. The van der Waals surface area contributed by atoms with E-state index in [4.69, 9.17) is 0 Å². The maximum absolute atomic E-state index is 0. The Kier molecular flexibility index (Phi) is 208. The molecule has 0 aromatic heterocycles. The summed E-state index contributed by atoms with van der Waals surface area (Å²) in [7, 11) is 0. The molecule has 0 saturated carbocycles. The van der Waals surface area contributed by atoms with Gasteiger partial charge < -0.3 is 8.33 Å². The van der Waals surface area contributed by atoms with E-state index in [1.807, 2.05) is 0 Å². The zero-order valence-corrected chi connectivity index (χ0v) is 7.75. The van der Waals surface area contributed by atoms with Crippen molar-refractivity contribution >= 4 is 23.1 Å². The number of hydrogen-bond donors (Lipinski definition) is 0. The van der Waals surface area contributed by atoms with Crippen LogP contribution in [0.2, 0.25) is 0 Å². The molecule has 0 aliphatic rings. The molecular weight excluding hydrogens is 162 g/mol. The quantitative estimate of drug-likeness (QED) is 0.413. The molecule has 1 nitrogen and oxygen atoms in total. The molecule has 0 heterocycles. The van der Waals surface area contributed by atoms with E-state index in [0.717, 1.165) is 0 Å². The van der Waals surface area contributed by atoms with Gasteiger partial charge in [-0.1, -0.05) is 0 Å². The van der Waals surface area contributed by atoms with E-state index < -0.39 is 0 Å². The van der Waals surface area contributed by atoms with Crippen LogP contribution < -0.4 is 0 Å². The molecule has 0 spiro atoms. The van der Waals surface area contributed by atoms with Crippen molar-refractivity contribution < 1.29 is 44.9 Å². The molecule has 0 aromatic carbocycles. The van der Waals surface area contributed by atoms with Crippen molar-refractivity contribution in [1.82, 2.24) is 0 Å². The first kappa shape index (κ1) is 39.8. The van der Waals surface area contributed by atoms with Crippen molar-refractivity contribution in [3.63, 3.8) is 0 Å². The van der Waals surface area contributed by atoms with Crippen LogP contribution in [0.1, 0.15) is 2.85 Å². The molecule has 0 bridgehead atoms. The average molecular weight is 166 g/mol. The average Bonchev–Trinajstić information content (AvgIpc) is 0. The van der Waals surface area contributed by atoms with Crippen LogP contribution in [0.15, 0.2) is 0 Å². The number of rotatable bonds is 0. The summed E-state index contributed by atoms with van der Waals surface area (Å²) in [6.07, 6.45) is 0. The third-order valence-corrected chi connectivity index (χ3v) is 0. The summed E-state index contributed by atoms with van der Waals surface area (Å²) in [4.78, 5) is 0. The molecule has 0 fully saturated rings. The Morgan fingerprint density at radius 3 is 1.25 bits per heavy atom. The summed E-state index contributed by atoms with van der Waals surface area (Å²) in [6.45, 7) is 0. The minimum atomic E-state index is 0. The van der Waals surface area contributed by atoms with Crippen molar-refractivity contribution in [2.24, 2.45) is 0 Å². The second-order valence-electron chi connectivity index (χ2n) is 0. The van der Waals surface area contributed by atoms with Crippen LogP contribution in [0.4, 0.5) is 0 Å². The molecule has 0 aliphatic carbocycles. The predicted octanol–water partition coefficient (Wildman–Crippen LogP) is -0.986. The Bertz CT molecular complexity index is 13.5. The third kappa shape index (κ3) is 9.12. The molecule has 0 amide bonds. The van der Waals surface area contributed by atoms with Gasteiger partial charge in [-0.2, -0.15) is 0 Å². The molecule has 22 valence electrons. The van der Waals surface area contributed by atoms with Crippen molar-refractivity contribution in [3.8, 4) is 0 Å². The molecule has 2 N–H and O–H groups in total. The van der Waals surface area contributed by atoms with Gasteiger partial charge in [0.1, 0.15) is 0 Å². The summed E-state index contributed by atoms with van der Waals surface area (Å²) in [5.41, 5.74) is 0. The number of hydrogen-bond acceptors (Lipinski definition) is 0. The Hall–Kier alpha value is 1.87. The van der Waals surface area contributed by atoms with Gasteiger partial charge in [-0.15, -0.1) is 0 Å². The maximum atomic E-state index is 0. The van der Waals surface area contributed by atoms with E-state index in [9.17, 15) is 0 Å². The second kappa shape index (κ2) is 20.9. The van der Waals surface area contributed by atoms with Gasteiger partial charge in [0.2, 0.25) is 0 Å². The van der Waals surface area contributed by atoms with Crippen LogP contribution in [-0.4, -0.2) is 28.5 Å². The van der Waals surface area contributed by atoms with Crippen molar-refractivity contribution in [1.29, 1.82) is 0 Å². The van der Waals surface area contributed by atoms with Crippen LogP contribution >= 0.6 is 0 Å². The zero-order chi connectivity index (χ0) is 0. The van der Waals surface area contributed by atoms with Gasteiger partial charge in [0.25, 0.3) is 0 Å². The van der Waals surface area contributed by atoms with Crippen LogP contribution in [0.3, 0.4) is 0 Å². The molecule has 0 saturated heterocycles. The molecule has 0 atom stereocenters. The largest absolute Gasteiger partial charge is 2.00 e. The zero-order valence-electron chi connectivity index (χ0n) is 4.27. The third-order valence-electron chi connectivity index (χ3n) is 0. The van der Waals surface area contributed by atoms with Crippen LogP contribution in [0.5, 0.6) is 0 Å². The molecule has 4 heavy (non-hydrogen) atoms. The van der Waals surface area contributed by atoms with E-state index in [1.54, 1.807) is 0 Å². The first-order valence-corrected chi connectivity index (χ1v) is 0. The van der Waals surface area contributed by atoms with Gasteiger partial charge in [-0.05, 0) is 0 Å². The van der Waals surface area contributed by atoms with Gasteiger partial charge >= 0.3 is 23.1 Å². The van der Waals surface area contributed by atoms with Gasteiger partial charge in [-0.3, -0.25) is 0 Å². The molecule has 0 unspecified atom stereocenters. The summed E-state index contributed by atoms with van der Waals surface area (Å²) in [6, 6.07) is 0. The van der Waals surface area contributed by atoms with E-state index in [0.29, 0.717) is 0 Å². The summed E-state index contributed by atoms with van der Waals surface area (Å²) >= 11 is 0. The summed E-state index contributed by atoms with van der Waals surface area (Å²) in [5, 5.41) is 0. The van der Waals surface area contributed by atoms with Crippen molar-refractivity contribution in [2.45, 2.75) is 0 Å². The first-order chi connectivity index (χ1) is 0. The van der Waals surface area contributed by atoms with Crippen molar-refractivity contribution in [2.75, 3.05) is 0 Å². The van der Waals surface area contributed by atoms with E-state index >= 15 is 0 Å². The minimum Gasteiger partial charge on any atom is -1.00 e. The fourth-order valence-electron chi connectivity index (χ4n) is 0. The van der Waals surface area contributed by atoms with Crippen molar-refractivity contribution in [3.05, 3.63) is 0 Å². The van der Waals surface area contributed by atoms with Crippen LogP contribution in [-0.2, 0) is 36.5 Å². The second-order valence-corrected chi connectivity index (χ2v) is 0. The Labute approximate surface area is 67.6 Å². The normalized spacial score (nSPS) is 0. The molecule has 0 radical (unpaired) electrons. The molecule has 4 heteroatoms. The Morgan fingerprint density at radius 2 is 1.25 bits per heavy atom. The topological polar surface area (TPSA) is 31.5 Å². The van der Waals surface area contributed by atoms with Crippen LogP contribution in [0, 0.1) is 0 Å². The van der Waals surface area contributed by atoms with Crippen LogP contribution in [0.25, 0.3) is 0 Å². The fourth-order valence-corrected chi connectivity index (χ4v) is 0. The monoisotopic (exact) mass is 164 g/mol. The minimum absolute atomic E-state index is 0. The van der Waals surface area contributed by atoms with Gasteiger partial charge in [-0.25, -0.2) is 0 Å². The van der Waals surface area contributed by atoms with Gasteiger partial charge in [0.15, 0.2) is 0 Å². The molecule has 0 aliphatic heterocycles. The summed E-state index contributed by atoms with van der Waals surface area (Å²) in [5.74, 6) is 0. The Morgan fingerprint density at radius 1 is 1.25 bits per heavy atom. The molecule has 0 aromatic rings. The molecule has 0 rings (SSSR count). The van der Waals surface area contributed by atoms with E-state index in [2.05, 4.69) is 0 Å². The van der Waals surface area contributed by atoms with Gasteiger partial charge in [0.05, 0.1) is 0 Å². The standard InChI is InChI=1S/Fe.Mg.H2O.Zn.2H/h;;1H2;;;/q;+2;;;2*-1. The fraction of sp³-hybridized carbons (Fsp3) is 0.